The summed E-state index contributed by atoms with van der Waals surface area (Å²) in [7, 11) is 0. The first-order valence-electron chi connectivity index (χ1n) is 7.73. The number of halogens is 3. The Kier molecular flexibility index (Phi) is 5.86. The molecule has 0 bridgehead atoms. The Hall–Kier alpha value is -3.03. The monoisotopic (exact) mass is 366 g/mol. The molecular formula is C18H17F3N2O3. The molecule has 0 spiro atoms. The highest BCUT2D eigenvalue weighted by atomic mass is 19.4. The highest BCUT2D eigenvalue weighted by Gasteiger charge is 2.30. The number of hydrogen-bond acceptors (Lipinski definition) is 3. The molecule has 0 saturated carbocycles. The van der Waals surface area contributed by atoms with Gasteiger partial charge in [0.1, 0.15) is 5.75 Å². The Morgan fingerprint density at radius 3 is 2.23 bits per heavy atom. The lowest BCUT2D eigenvalue weighted by Gasteiger charge is -2.14. The predicted molar refractivity (Wildman–Crippen MR) is 88.2 cm³/mol. The second kappa shape index (κ2) is 7.90. The summed E-state index contributed by atoms with van der Waals surface area (Å²) in [6.45, 7) is 1.69. The molecular weight excluding hydrogens is 349 g/mol. The van der Waals surface area contributed by atoms with Gasteiger partial charge in [-0.2, -0.15) is 13.2 Å². The van der Waals surface area contributed by atoms with E-state index in [0.29, 0.717) is 5.56 Å². The molecule has 2 aromatic rings. The van der Waals surface area contributed by atoms with Gasteiger partial charge in [-0.1, -0.05) is 31.2 Å². The van der Waals surface area contributed by atoms with Gasteiger partial charge < -0.3 is 5.11 Å². The minimum Gasteiger partial charge on any atom is -0.507 e. The zero-order chi connectivity index (χ0) is 19.3. The third kappa shape index (κ3) is 4.98. The first-order chi connectivity index (χ1) is 12.2. The summed E-state index contributed by atoms with van der Waals surface area (Å²) in [6, 6.07) is 10.4. The lowest BCUT2D eigenvalue weighted by Crippen LogP contribution is -2.42. The van der Waals surface area contributed by atoms with Crippen LogP contribution in [0.1, 0.15) is 40.7 Å². The number of alkyl halides is 3. The molecule has 2 amide bonds. The second-order valence-corrected chi connectivity index (χ2v) is 5.74. The van der Waals surface area contributed by atoms with Crippen molar-refractivity contribution in [3.05, 3.63) is 65.2 Å². The number of carbonyl (C=O) groups is 2. The van der Waals surface area contributed by atoms with Crippen molar-refractivity contribution in [3.63, 3.8) is 0 Å². The smallest absolute Gasteiger partial charge is 0.416 e. The highest BCUT2D eigenvalue weighted by Crippen LogP contribution is 2.30. The summed E-state index contributed by atoms with van der Waals surface area (Å²) in [5, 5.41) is 9.57. The topological polar surface area (TPSA) is 78.4 Å². The van der Waals surface area contributed by atoms with Crippen molar-refractivity contribution >= 4 is 11.8 Å². The van der Waals surface area contributed by atoms with Crippen molar-refractivity contribution < 1.29 is 27.9 Å². The van der Waals surface area contributed by atoms with Gasteiger partial charge in [-0.3, -0.25) is 20.4 Å². The summed E-state index contributed by atoms with van der Waals surface area (Å²) >= 11 is 0. The summed E-state index contributed by atoms with van der Waals surface area (Å²) in [6.07, 6.45) is -4.45. The number of carbonyl (C=O) groups excluding carboxylic acids is 2. The third-order valence-electron chi connectivity index (χ3n) is 3.76. The average molecular weight is 366 g/mol. The first-order valence-corrected chi connectivity index (χ1v) is 7.73. The summed E-state index contributed by atoms with van der Waals surface area (Å²) < 4.78 is 37.7. The fourth-order valence-corrected chi connectivity index (χ4v) is 2.31. The number of hydrogen-bond donors (Lipinski definition) is 3. The van der Waals surface area contributed by atoms with Gasteiger partial charge in [0.25, 0.3) is 5.91 Å². The van der Waals surface area contributed by atoms with E-state index >= 15 is 0 Å². The predicted octanol–water partition coefficient (Wildman–Crippen LogP) is 3.37. The quantitative estimate of drug-likeness (QED) is 0.726. The zero-order valence-corrected chi connectivity index (χ0v) is 13.8. The maximum atomic E-state index is 12.6. The van der Waals surface area contributed by atoms with E-state index in [1.165, 1.54) is 24.3 Å². The molecule has 8 heteroatoms. The van der Waals surface area contributed by atoms with Crippen LogP contribution in [0.15, 0.2) is 48.5 Å². The number of amides is 2. The third-order valence-corrected chi connectivity index (χ3v) is 3.76. The molecule has 0 aliphatic carbocycles. The minimum atomic E-state index is -4.41. The molecule has 0 aromatic heterocycles. The Bertz CT molecular complexity index is 789. The number of phenolic OH excluding ortho intramolecular Hbond substituents is 1. The Morgan fingerprint density at radius 2 is 1.65 bits per heavy atom. The van der Waals surface area contributed by atoms with Crippen LogP contribution in [-0.4, -0.2) is 16.9 Å². The van der Waals surface area contributed by atoms with E-state index in [9.17, 15) is 27.9 Å². The molecule has 2 rings (SSSR count). The SMILES string of the molecule is CC(CC(=O)NNC(=O)c1ccccc1O)c1ccc(C(F)(F)F)cc1. The van der Waals surface area contributed by atoms with Crippen molar-refractivity contribution in [2.24, 2.45) is 0 Å². The lowest BCUT2D eigenvalue weighted by atomic mass is 9.96. The Balaban J connectivity index is 1.89. The van der Waals surface area contributed by atoms with E-state index < -0.39 is 23.6 Å². The van der Waals surface area contributed by atoms with Gasteiger partial charge in [0.05, 0.1) is 11.1 Å². The molecule has 1 atom stereocenters. The first kappa shape index (κ1) is 19.3. The van der Waals surface area contributed by atoms with Crippen molar-refractivity contribution in [3.8, 4) is 5.75 Å². The largest absolute Gasteiger partial charge is 0.507 e. The van der Waals surface area contributed by atoms with Crippen LogP contribution >= 0.6 is 0 Å². The number of phenols is 1. The van der Waals surface area contributed by atoms with Crippen LogP contribution in [0.25, 0.3) is 0 Å². The molecule has 138 valence electrons. The molecule has 5 nitrogen and oxygen atoms in total. The molecule has 1 unspecified atom stereocenters. The van der Waals surface area contributed by atoms with Crippen molar-refractivity contribution in [1.29, 1.82) is 0 Å². The van der Waals surface area contributed by atoms with Crippen molar-refractivity contribution in [1.82, 2.24) is 10.9 Å². The Labute approximate surface area is 147 Å². The fraction of sp³-hybridized carbons (Fsp3) is 0.222. The number of nitrogens with one attached hydrogen (secondary N) is 2. The van der Waals surface area contributed by atoms with Gasteiger partial charge in [-0.15, -0.1) is 0 Å². The second-order valence-electron chi connectivity index (χ2n) is 5.74. The maximum absolute atomic E-state index is 12.6. The van der Waals surface area contributed by atoms with Gasteiger partial charge in [0, 0.05) is 6.42 Å². The number of hydrazine groups is 1. The van der Waals surface area contributed by atoms with Crippen LogP contribution in [0.5, 0.6) is 5.75 Å². The number of rotatable bonds is 4. The van der Waals surface area contributed by atoms with Gasteiger partial charge in [-0.05, 0) is 35.7 Å². The molecule has 3 N–H and O–H groups in total. The van der Waals surface area contributed by atoms with E-state index in [4.69, 9.17) is 0 Å². The van der Waals surface area contributed by atoms with Gasteiger partial charge in [-0.25, -0.2) is 0 Å². The number of aromatic hydroxyl groups is 1. The molecule has 0 saturated heterocycles. The summed E-state index contributed by atoms with van der Waals surface area (Å²) in [5.74, 6) is -1.77. The van der Waals surface area contributed by atoms with Gasteiger partial charge >= 0.3 is 6.18 Å². The number of para-hydroxylation sites is 1. The fourth-order valence-electron chi connectivity index (χ4n) is 2.31. The maximum Gasteiger partial charge on any atom is 0.416 e. The standard InChI is InChI=1S/C18H17F3N2O3/c1-11(12-6-8-13(9-7-12)18(19,20)21)10-16(25)22-23-17(26)14-4-2-3-5-15(14)24/h2-9,11,24H,10H2,1H3,(H,22,25)(H,23,26). The molecule has 26 heavy (non-hydrogen) atoms. The summed E-state index contributed by atoms with van der Waals surface area (Å²) in [4.78, 5) is 23.8. The molecule has 2 aromatic carbocycles. The van der Waals surface area contributed by atoms with E-state index in [1.807, 2.05) is 0 Å². The number of benzene rings is 2. The lowest BCUT2D eigenvalue weighted by molar-refractivity contribution is -0.137. The van der Waals surface area contributed by atoms with E-state index in [-0.39, 0.29) is 23.7 Å². The van der Waals surface area contributed by atoms with Gasteiger partial charge in [0.2, 0.25) is 5.91 Å². The molecule has 0 aliphatic rings. The normalized spacial score (nSPS) is 12.3. The van der Waals surface area contributed by atoms with Crippen LogP contribution in [0.2, 0.25) is 0 Å². The van der Waals surface area contributed by atoms with Gasteiger partial charge in [0.15, 0.2) is 0 Å². The van der Waals surface area contributed by atoms with Crippen molar-refractivity contribution in [2.75, 3.05) is 0 Å². The van der Waals surface area contributed by atoms with E-state index in [0.717, 1.165) is 12.1 Å². The molecule has 0 fully saturated rings. The highest BCUT2D eigenvalue weighted by molar-refractivity contribution is 5.97. The van der Waals surface area contributed by atoms with Crippen LogP contribution in [0.4, 0.5) is 13.2 Å². The zero-order valence-electron chi connectivity index (χ0n) is 13.8. The van der Waals surface area contributed by atoms with Crippen LogP contribution in [0, 0.1) is 0 Å². The molecule has 0 radical (unpaired) electrons. The average Bonchev–Trinajstić information content (AvgIpc) is 2.59. The molecule has 0 aliphatic heterocycles. The summed E-state index contributed by atoms with van der Waals surface area (Å²) in [5.41, 5.74) is 4.21. The van der Waals surface area contributed by atoms with Crippen molar-refractivity contribution in [2.45, 2.75) is 25.4 Å². The van der Waals surface area contributed by atoms with Crippen LogP contribution in [-0.2, 0) is 11.0 Å². The Morgan fingerprint density at radius 1 is 1.04 bits per heavy atom. The van der Waals surface area contributed by atoms with E-state index in [2.05, 4.69) is 10.9 Å². The molecule has 0 heterocycles. The van der Waals surface area contributed by atoms with E-state index in [1.54, 1.807) is 19.1 Å². The van der Waals surface area contributed by atoms with Crippen LogP contribution < -0.4 is 10.9 Å². The van der Waals surface area contributed by atoms with Crippen LogP contribution in [0.3, 0.4) is 0 Å². The minimum absolute atomic E-state index is 0.00332.